The number of nitrogens with one attached hydrogen (secondary N) is 4. The van der Waals surface area contributed by atoms with E-state index in [1.165, 1.54) is 0 Å². The zero-order valence-corrected chi connectivity index (χ0v) is 15.9. The van der Waals surface area contributed by atoms with Crippen LogP contribution in [-0.4, -0.2) is 50.7 Å². The fourth-order valence-corrected chi connectivity index (χ4v) is 3.07. The number of rotatable bonds is 6. The number of imidazole rings is 1. The van der Waals surface area contributed by atoms with Crippen LogP contribution < -0.4 is 16.1 Å². The Morgan fingerprint density at radius 2 is 2.14 bits per heavy atom. The van der Waals surface area contributed by atoms with Gasteiger partial charge in [0.25, 0.3) is 0 Å². The Morgan fingerprint density at radius 1 is 1.29 bits per heavy atom. The van der Waals surface area contributed by atoms with Gasteiger partial charge in [-0.3, -0.25) is 4.79 Å². The van der Waals surface area contributed by atoms with Gasteiger partial charge in [-0.25, -0.2) is 19.6 Å². The van der Waals surface area contributed by atoms with Gasteiger partial charge in [0, 0.05) is 12.4 Å². The number of fused-ring (bicyclic) bond motifs is 3. The fourth-order valence-electron chi connectivity index (χ4n) is 3.07. The third kappa shape index (κ3) is 3.16. The van der Waals surface area contributed by atoms with E-state index >= 15 is 0 Å². The smallest absolute Gasteiger partial charge is 0.237 e. The van der Waals surface area contributed by atoms with Crippen molar-refractivity contribution < 1.29 is 4.79 Å². The molecule has 4 heterocycles. The van der Waals surface area contributed by atoms with Crippen LogP contribution in [0, 0.1) is 0 Å². The van der Waals surface area contributed by atoms with E-state index in [2.05, 4.69) is 36.0 Å². The predicted molar refractivity (Wildman–Crippen MR) is 108 cm³/mol. The third-order valence-corrected chi connectivity index (χ3v) is 4.76. The van der Waals surface area contributed by atoms with E-state index in [4.69, 9.17) is 0 Å². The minimum absolute atomic E-state index is 0.0627. The first kappa shape index (κ1) is 17.9. The Hall–Kier alpha value is -3.46. The Bertz CT molecular complexity index is 1150. The second-order valence-electron chi connectivity index (χ2n) is 6.52. The summed E-state index contributed by atoms with van der Waals surface area (Å²) in [6.45, 7) is 2.18. The normalized spacial score (nSPS) is 12.4. The topological polar surface area (TPSA) is 113 Å². The predicted octanol–water partition coefficient (Wildman–Crippen LogP) is 1.37. The number of aromatic amines is 1. The van der Waals surface area contributed by atoms with Crippen LogP contribution in [0.4, 0.5) is 0 Å². The van der Waals surface area contributed by atoms with Crippen molar-refractivity contribution in [2.75, 3.05) is 19.5 Å². The van der Waals surface area contributed by atoms with Crippen LogP contribution in [0.25, 0.3) is 33.5 Å². The highest BCUT2D eigenvalue weighted by Gasteiger charge is 2.13. The summed E-state index contributed by atoms with van der Waals surface area (Å²) < 4.78 is 1.86. The van der Waals surface area contributed by atoms with Crippen molar-refractivity contribution in [2.24, 2.45) is 0 Å². The maximum Gasteiger partial charge on any atom is 0.237 e. The second-order valence-corrected chi connectivity index (χ2v) is 6.52. The molecule has 0 saturated carbocycles. The Labute approximate surface area is 161 Å². The highest BCUT2D eigenvalue weighted by molar-refractivity contribution is 6.03. The lowest BCUT2D eigenvalue weighted by Gasteiger charge is -2.11. The quantitative estimate of drug-likeness (QED) is 0.403. The number of H-pyrrole nitrogens is 1. The number of amides is 1. The summed E-state index contributed by atoms with van der Waals surface area (Å²) in [6, 6.07) is 7.52. The lowest BCUT2D eigenvalue weighted by molar-refractivity contribution is -0.122. The van der Waals surface area contributed by atoms with Gasteiger partial charge in [-0.2, -0.15) is 0 Å². The van der Waals surface area contributed by atoms with Gasteiger partial charge in [0.05, 0.1) is 35.9 Å². The molecule has 0 bridgehead atoms. The van der Waals surface area contributed by atoms with Crippen LogP contribution in [-0.2, 0) is 11.3 Å². The van der Waals surface area contributed by atoms with Crippen LogP contribution in [0.2, 0.25) is 0 Å². The van der Waals surface area contributed by atoms with Crippen LogP contribution in [0.5, 0.6) is 0 Å². The molecule has 28 heavy (non-hydrogen) atoms. The van der Waals surface area contributed by atoms with Crippen molar-refractivity contribution in [3.05, 3.63) is 42.5 Å². The number of likely N-dealkylation sites (N-methyl/N-ethyl adjacent to an activating group) is 1. The monoisotopic (exact) mass is 378 g/mol. The molecule has 4 N–H and O–H groups in total. The lowest BCUT2D eigenvalue weighted by atomic mass is 10.2. The number of carbonyl (C=O) groups excluding carboxylic acids is 1. The molecule has 4 aromatic heterocycles. The molecule has 1 amide bonds. The first-order valence-electron chi connectivity index (χ1n) is 9.04. The molecule has 0 aliphatic rings. The summed E-state index contributed by atoms with van der Waals surface area (Å²) in [5.41, 5.74) is 8.06. The first-order chi connectivity index (χ1) is 13.6. The minimum atomic E-state index is -0.248. The maximum atomic E-state index is 11.9. The standard InChI is InChI=1S/C19H22N8O/c1-11(20-2)19(28)23-8-12-5-4-6-14(25-12)15-7-13-17-16(9-22-18(13)26-15)24-10-27(17)21-3/h4-7,9-11,20-21H,8H2,1-3H3,(H,22,26)(H,23,28)/t11-/m1/s1. The average Bonchev–Trinajstić information content (AvgIpc) is 3.34. The summed E-state index contributed by atoms with van der Waals surface area (Å²) in [7, 11) is 3.60. The fraction of sp³-hybridized carbons (Fsp3) is 0.263. The van der Waals surface area contributed by atoms with Crippen molar-refractivity contribution in [1.29, 1.82) is 0 Å². The van der Waals surface area contributed by atoms with Crippen LogP contribution in [0.1, 0.15) is 12.6 Å². The van der Waals surface area contributed by atoms with E-state index in [9.17, 15) is 4.79 Å². The molecule has 0 fully saturated rings. The molecule has 1 atom stereocenters. The SMILES string of the molecule is CN[C@H](C)C(=O)NCc1cccc(-c2cc3c(ncc4ncn(NC)c43)[nH]2)n1. The van der Waals surface area contributed by atoms with Gasteiger partial charge in [0.15, 0.2) is 0 Å². The third-order valence-electron chi connectivity index (χ3n) is 4.76. The minimum Gasteiger partial charge on any atom is -0.349 e. The van der Waals surface area contributed by atoms with Gasteiger partial charge in [0.2, 0.25) is 5.91 Å². The van der Waals surface area contributed by atoms with Gasteiger partial charge >= 0.3 is 0 Å². The highest BCUT2D eigenvalue weighted by atomic mass is 16.2. The van der Waals surface area contributed by atoms with Gasteiger partial charge in [0.1, 0.15) is 23.0 Å². The van der Waals surface area contributed by atoms with Crippen LogP contribution in [0.15, 0.2) is 36.8 Å². The molecule has 0 saturated heterocycles. The molecule has 0 aliphatic heterocycles. The molecule has 4 rings (SSSR count). The van der Waals surface area contributed by atoms with Crippen molar-refractivity contribution in [3.63, 3.8) is 0 Å². The summed E-state index contributed by atoms with van der Waals surface area (Å²) in [5.74, 6) is -0.0627. The Balaban J connectivity index is 1.66. The van der Waals surface area contributed by atoms with Gasteiger partial charge in [-0.05, 0) is 32.2 Å². The average molecular weight is 378 g/mol. The molecule has 144 valence electrons. The summed E-state index contributed by atoms with van der Waals surface area (Å²) >= 11 is 0. The molecule has 9 heteroatoms. The molecule has 9 nitrogen and oxygen atoms in total. The maximum absolute atomic E-state index is 11.9. The summed E-state index contributed by atoms with van der Waals surface area (Å²) in [6.07, 6.45) is 3.47. The highest BCUT2D eigenvalue weighted by Crippen LogP contribution is 2.27. The van der Waals surface area contributed by atoms with E-state index in [0.717, 1.165) is 39.1 Å². The Kier molecular flexibility index (Phi) is 4.66. The van der Waals surface area contributed by atoms with E-state index in [1.54, 1.807) is 19.6 Å². The largest absolute Gasteiger partial charge is 0.349 e. The first-order valence-corrected chi connectivity index (χ1v) is 9.04. The molecule has 4 aromatic rings. The number of pyridine rings is 2. The van der Waals surface area contributed by atoms with E-state index in [1.807, 2.05) is 42.9 Å². The van der Waals surface area contributed by atoms with E-state index in [0.29, 0.717) is 6.54 Å². The molecular formula is C19H22N8O. The van der Waals surface area contributed by atoms with Crippen molar-refractivity contribution in [3.8, 4) is 11.4 Å². The van der Waals surface area contributed by atoms with Crippen molar-refractivity contribution in [2.45, 2.75) is 19.5 Å². The molecule has 0 spiro atoms. The number of hydrogen-bond acceptors (Lipinski definition) is 6. The number of nitrogens with zero attached hydrogens (tertiary/aromatic N) is 4. The van der Waals surface area contributed by atoms with E-state index in [-0.39, 0.29) is 11.9 Å². The Morgan fingerprint density at radius 3 is 2.93 bits per heavy atom. The molecule has 0 radical (unpaired) electrons. The summed E-state index contributed by atoms with van der Waals surface area (Å²) in [5, 5.41) is 6.76. The van der Waals surface area contributed by atoms with Crippen LogP contribution >= 0.6 is 0 Å². The second kappa shape index (κ2) is 7.28. The van der Waals surface area contributed by atoms with Gasteiger partial charge < -0.3 is 21.0 Å². The number of hydrogen-bond donors (Lipinski definition) is 4. The van der Waals surface area contributed by atoms with Crippen LogP contribution in [0.3, 0.4) is 0 Å². The molecule has 0 aliphatic carbocycles. The number of carbonyl (C=O) groups is 1. The zero-order chi connectivity index (χ0) is 19.7. The molecular weight excluding hydrogens is 356 g/mol. The van der Waals surface area contributed by atoms with Crippen molar-refractivity contribution in [1.82, 2.24) is 35.2 Å². The van der Waals surface area contributed by atoms with Crippen molar-refractivity contribution >= 4 is 28.0 Å². The zero-order valence-electron chi connectivity index (χ0n) is 15.9. The van der Waals surface area contributed by atoms with Gasteiger partial charge in [-0.1, -0.05) is 6.07 Å². The van der Waals surface area contributed by atoms with E-state index < -0.39 is 0 Å². The molecule has 0 unspecified atom stereocenters. The molecule has 0 aromatic carbocycles. The lowest BCUT2D eigenvalue weighted by Crippen LogP contribution is -2.40. The van der Waals surface area contributed by atoms with Gasteiger partial charge in [-0.15, -0.1) is 0 Å². The number of aromatic nitrogens is 5. The summed E-state index contributed by atoms with van der Waals surface area (Å²) in [4.78, 5) is 28.8.